The van der Waals surface area contributed by atoms with Crippen LogP contribution >= 0.6 is 9.03 Å². The molecule has 0 aliphatic carbocycles. The monoisotopic (exact) mass is 492 g/mol. The zero-order valence-electron chi connectivity index (χ0n) is 19.4. The summed E-state index contributed by atoms with van der Waals surface area (Å²) < 4.78 is 22.8. The molecule has 0 bridgehead atoms. The summed E-state index contributed by atoms with van der Waals surface area (Å²) in [5.74, 6) is 0.656. The summed E-state index contributed by atoms with van der Waals surface area (Å²) in [6.07, 6.45) is -0.448. The minimum absolute atomic E-state index is 0. The SMILES string of the molecule is CC.CCc1c2c(nc3cc4c(cc13)OCO4)-c1cc3c(c(=O)n1C2)COC(=O)C3OP[O-].[Na+]. The van der Waals surface area contributed by atoms with Crippen LogP contribution < -0.4 is 49.5 Å². The Balaban J connectivity index is 0.000000890. The van der Waals surface area contributed by atoms with Crippen molar-refractivity contribution in [1.29, 1.82) is 0 Å². The fraction of sp³-hybridized carbons (Fsp3) is 0.348. The van der Waals surface area contributed by atoms with Crippen LogP contribution in [0.25, 0.3) is 22.3 Å². The van der Waals surface area contributed by atoms with Crippen molar-refractivity contribution >= 4 is 25.9 Å². The smallest absolute Gasteiger partial charge is 0.810 e. The quantitative estimate of drug-likeness (QED) is 0.218. The maximum absolute atomic E-state index is 13.3. The number of carbonyl (C=O) groups is 1. The number of ether oxygens (including phenoxy) is 3. The van der Waals surface area contributed by atoms with Gasteiger partial charge in [0, 0.05) is 22.6 Å². The van der Waals surface area contributed by atoms with Gasteiger partial charge in [-0.05, 0) is 24.1 Å². The number of nitrogens with zero attached hydrogens (tertiary/aromatic N) is 2. The summed E-state index contributed by atoms with van der Waals surface area (Å²) in [6.45, 7) is 6.47. The third kappa shape index (κ3) is 3.75. The van der Waals surface area contributed by atoms with Gasteiger partial charge in [-0.2, -0.15) is 0 Å². The molecule has 34 heavy (non-hydrogen) atoms. The molecular formula is C23H22N2NaO7P. The van der Waals surface area contributed by atoms with E-state index in [1.165, 1.54) is 0 Å². The molecule has 5 heterocycles. The molecule has 6 rings (SSSR count). The second-order valence-corrected chi connectivity index (χ2v) is 7.94. The number of pyridine rings is 2. The van der Waals surface area contributed by atoms with Gasteiger partial charge in [0.05, 0.1) is 29.0 Å². The summed E-state index contributed by atoms with van der Waals surface area (Å²) >= 11 is 0. The van der Waals surface area contributed by atoms with E-state index in [1.54, 1.807) is 10.6 Å². The maximum Gasteiger partial charge on any atom is 1.00 e. The topological polar surface area (TPSA) is 112 Å². The van der Waals surface area contributed by atoms with Crippen LogP contribution in [0.5, 0.6) is 11.5 Å². The van der Waals surface area contributed by atoms with Gasteiger partial charge < -0.3 is 28.2 Å². The Morgan fingerprint density at radius 1 is 1.15 bits per heavy atom. The first kappa shape index (κ1) is 25.1. The molecule has 0 saturated carbocycles. The molecule has 2 aromatic heterocycles. The van der Waals surface area contributed by atoms with Crippen LogP contribution in [0.1, 0.15) is 49.1 Å². The van der Waals surface area contributed by atoms with Crippen molar-refractivity contribution in [1.82, 2.24) is 9.55 Å². The molecule has 172 valence electrons. The first-order valence-corrected chi connectivity index (χ1v) is 11.6. The van der Waals surface area contributed by atoms with E-state index in [2.05, 4.69) is 6.92 Å². The van der Waals surface area contributed by atoms with Gasteiger partial charge in [0.25, 0.3) is 5.56 Å². The van der Waals surface area contributed by atoms with Crippen LogP contribution in [0.2, 0.25) is 0 Å². The zero-order chi connectivity index (χ0) is 23.3. The number of fused-ring (bicyclic) bond motifs is 6. The molecule has 0 N–H and O–H groups in total. The first-order chi connectivity index (χ1) is 16.1. The molecule has 0 spiro atoms. The molecule has 2 unspecified atom stereocenters. The minimum Gasteiger partial charge on any atom is -0.810 e. The number of carbonyl (C=O) groups excluding carboxylic acids is 1. The Labute approximate surface area is 219 Å². The Morgan fingerprint density at radius 3 is 2.59 bits per heavy atom. The Bertz CT molecular complexity index is 1360. The van der Waals surface area contributed by atoms with Gasteiger partial charge in [0.2, 0.25) is 6.79 Å². The molecule has 0 fully saturated rings. The molecule has 3 aliphatic rings. The van der Waals surface area contributed by atoms with Crippen molar-refractivity contribution in [2.45, 2.75) is 46.4 Å². The molecular weight excluding hydrogens is 470 g/mol. The van der Waals surface area contributed by atoms with Gasteiger partial charge >= 0.3 is 35.5 Å². The number of aromatic nitrogens is 2. The number of cyclic esters (lactones) is 1. The van der Waals surface area contributed by atoms with Crippen molar-refractivity contribution in [3.63, 3.8) is 0 Å². The summed E-state index contributed by atoms with van der Waals surface area (Å²) in [5.41, 5.74) is 4.53. The average molecular weight is 492 g/mol. The van der Waals surface area contributed by atoms with Gasteiger partial charge in [-0.3, -0.25) is 4.79 Å². The maximum atomic E-state index is 13.3. The third-order valence-corrected chi connectivity index (χ3v) is 6.40. The Morgan fingerprint density at radius 2 is 1.88 bits per heavy atom. The van der Waals surface area contributed by atoms with Crippen molar-refractivity contribution in [2.24, 2.45) is 0 Å². The standard InChI is InChI=1S/C21H16N2O7P.C2H6.Na/c1-2-9-10-4-16-17(29-8-28-16)5-14(10)22-18-12(9)6-23-15(18)3-11-13(20(23)24)7-27-21(25)19(11)30-31-26;1-2;/h3-5,19,31H,2,6-8H2,1H3;1-2H3;/q-1;;+1. The van der Waals surface area contributed by atoms with E-state index in [4.69, 9.17) is 23.7 Å². The molecule has 11 heteroatoms. The number of aryl methyl sites for hydroxylation is 1. The second kappa shape index (κ2) is 9.93. The first-order valence-electron chi connectivity index (χ1n) is 10.8. The van der Waals surface area contributed by atoms with Crippen LogP contribution in [-0.2, 0) is 33.6 Å². The Hall–Kier alpha value is -2.00. The number of hydrogen-bond acceptors (Lipinski definition) is 8. The van der Waals surface area contributed by atoms with Gasteiger partial charge in [-0.25, -0.2) is 9.78 Å². The van der Waals surface area contributed by atoms with Crippen molar-refractivity contribution in [2.75, 3.05) is 6.79 Å². The van der Waals surface area contributed by atoms with E-state index < -0.39 is 21.1 Å². The molecule has 0 radical (unpaired) electrons. The summed E-state index contributed by atoms with van der Waals surface area (Å²) in [7, 11) is -1.16. The molecule has 1 aromatic carbocycles. The molecule has 9 nitrogen and oxygen atoms in total. The van der Waals surface area contributed by atoms with Crippen LogP contribution in [0.15, 0.2) is 23.0 Å². The Kier molecular flexibility index (Phi) is 7.33. The van der Waals surface area contributed by atoms with Crippen molar-refractivity contribution in [3.8, 4) is 22.9 Å². The van der Waals surface area contributed by atoms with Crippen LogP contribution in [0.3, 0.4) is 0 Å². The predicted molar refractivity (Wildman–Crippen MR) is 119 cm³/mol. The molecule has 0 amide bonds. The normalized spacial score (nSPS) is 16.9. The van der Waals surface area contributed by atoms with Crippen molar-refractivity contribution in [3.05, 3.63) is 50.8 Å². The van der Waals surface area contributed by atoms with Gasteiger partial charge in [-0.1, -0.05) is 29.8 Å². The van der Waals surface area contributed by atoms with Crippen LogP contribution in [-0.4, -0.2) is 22.3 Å². The van der Waals surface area contributed by atoms with E-state index in [0.717, 1.165) is 28.5 Å². The van der Waals surface area contributed by atoms with Gasteiger partial charge in [0.15, 0.2) is 17.6 Å². The fourth-order valence-electron chi connectivity index (χ4n) is 4.65. The van der Waals surface area contributed by atoms with E-state index in [9.17, 15) is 14.5 Å². The van der Waals surface area contributed by atoms with E-state index in [-0.39, 0.29) is 48.5 Å². The predicted octanol–water partition coefficient (Wildman–Crippen LogP) is -0.270. The van der Waals surface area contributed by atoms with Crippen LogP contribution in [0.4, 0.5) is 0 Å². The number of esters is 1. The zero-order valence-corrected chi connectivity index (χ0v) is 22.4. The van der Waals surface area contributed by atoms with E-state index in [1.807, 2.05) is 26.0 Å². The van der Waals surface area contributed by atoms with E-state index >= 15 is 0 Å². The minimum atomic E-state index is -1.19. The second-order valence-electron chi connectivity index (χ2n) is 7.54. The van der Waals surface area contributed by atoms with Gasteiger partial charge in [-0.15, -0.1) is 0 Å². The van der Waals surface area contributed by atoms with Crippen molar-refractivity contribution < 1.29 is 58.0 Å². The molecule has 2 atom stereocenters. The third-order valence-electron chi connectivity index (χ3n) is 6.07. The van der Waals surface area contributed by atoms with Crippen LogP contribution in [0, 0.1) is 0 Å². The summed E-state index contributed by atoms with van der Waals surface area (Å²) in [6, 6.07) is 5.52. The number of hydrogen-bond donors (Lipinski definition) is 0. The molecule has 0 saturated heterocycles. The average Bonchev–Trinajstić information content (AvgIpc) is 3.44. The largest absolute Gasteiger partial charge is 1.00 e. The van der Waals surface area contributed by atoms with E-state index in [0.29, 0.717) is 40.6 Å². The molecule has 3 aliphatic heterocycles. The summed E-state index contributed by atoms with van der Waals surface area (Å²) in [5, 5.41) is 0.961. The van der Waals surface area contributed by atoms with Gasteiger partial charge in [0.1, 0.15) is 6.61 Å². The number of benzene rings is 1. The number of rotatable bonds is 3. The fourth-order valence-corrected chi connectivity index (χ4v) is 4.97. The summed E-state index contributed by atoms with van der Waals surface area (Å²) in [4.78, 5) is 41.3. The molecule has 3 aromatic rings.